The van der Waals surface area contributed by atoms with Crippen molar-refractivity contribution in [2.75, 3.05) is 25.5 Å². The van der Waals surface area contributed by atoms with Crippen LogP contribution in [0.25, 0.3) is 10.9 Å². The number of nitrogens with zero attached hydrogens (tertiary/aromatic N) is 2. The molecule has 0 radical (unpaired) electrons. The zero-order valence-corrected chi connectivity index (χ0v) is 19.3. The summed E-state index contributed by atoms with van der Waals surface area (Å²) in [6, 6.07) is 14.7. The first-order valence-corrected chi connectivity index (χ1v) is 11.9. The fourth-order valence-corrected chi connectivity index (χ4v) is 3.97. The second kappa shape index (κ2) is 12.1. The summed E-state index contributed by atoms with van der Waals surface area (Å²) < 4.78 is 12.7. The number of hydrogen-bond acceptors (Lipinski definition) is 6. The summed E-state index contributed by atoms with van der Waals surface area (Å²) in [5.74, 6) is 1.57. The maximum absolute atomic E-state index is 12.9. The number of carbonyl (C=O) groups is 1. The summed E-state index contributed by atoms with van der Waals surface area (Å²) in [6.07, 6.45) is 1.85. The van der Waals surface area contributed by atoms with Gasteiger partial charge in [-0.2, -0.15) is 0 Å². The van der Waals surface area contributed by atoms with Gasteiger partial charge in [0.15, 0.2) is 5.16 Å². The van der Waals surface area contributed by atoms with Crippen LogP contribution in [0, 0.1) is 0 Å². The van der Waals surface area contributed by atoms with Crippen LogP contribution in [0.4, 0.5) is 0 Å². The lowest BCUT2D eigenvalue weighted by Gasteiger charge is -2.13. The average molecular weight is 456 g/mol. The lowest BCUT2D eigenvalue weighted by Crippen LogP contribution is -2.30. The molecule has 3 rings (SSSR count). The van der Waals surface area contributed by atoms with Gasteiger partial charge in [0.25, 0.3) is 5.56 Å². The van der Waals surface area contributed by atoms with E-state index in [2.05, 4.69) is 17.2 Å². The van der Waals surface area contributed by atoms with Gasteiger partial charge < -0.3 is 14.8 Å². The molecular weight excluding hydrogens is 426 g/mol. The van der Waals surface area contributed by atoms with Crippen molar-refractivity contribution in [2.45, 2.75) is 38.4 Å². The molecule has 3 aromatic rings. The number of hydrogen-bond donors (Lipinski definition) is 1. The zero-order valence-electron chi connectivity index (χ0n) is 18.5. The minimum absolute atomic E-state index is 0.0595. The van der Waals surface area contributed by atoms with E-state index in [-0.39, 0.29) is 17.2 Å². The van der Waals surface area contributed by atoms with E-state index in [1.807, 2.05) is 49.4 Å². The van der Waals surface area contributed by atoms with Crippen LogP contribution in [0.2, 0.25) is 0 Å². The Kier molecular flexibility index (Phi) is 8.98. The van der Waals surface area contributed by atoms with Gasteiger partial charge in [0.2, 0.25) is 5.91 Å². The molecule has 8 heteroatoms. The van der Waals surface area contributed by atoms with E-state index in [1.54, 1.807) is 10.6 Å². The Bertz CT molecular complexity index is 1080. The molecule has 2 aromatic carbocycles. The number of ether oxygens (including phenoxy) is 2. The van der Waals surface area contributed by atoms with Crippen molar-refractivity contribution < 1.29 is 14.3 Å². The molecule has 0 aliphatic heterocycles. The first kappa shape index (κ1) is 23.7. The summed E-state index contributed by atoms with van der Waals surface area (Å²) in [6.45, 7) is 5.97. The van der Waals surface area contributed by atoms with E-state index in [1.165, 1.54) is 11.8 Å². The van der Waals surface area contributed by atoms with Crippen molar-refractivity contribution in [2.24, 2.45) is 0 Å². The fourth-order valence-electron chi connectivity index (χ4n) is 3.11. The highest BCUT2D eigenvalue weighted by Gasteiger charge is 2.13. The lowest BCUT2D eigenvalue weighted by molar-refractivity contribution is -0.118. The lowest BCUT2D eigenvalue weighted by atomic mass is 10.2. The van der Waals surface area contributed by atoms with E-state index in [4.69, 9.17) is 9.47 Å². The molecule has 1 aromatic heterocycles. The molecule has 0 aliphatic rings. The molecule has 0 spiro atoms. The van der Waals surface area contributed by atoms with Crippen LogP contribution in [0.3, 0.4) is 0 Å². The molecule has 0 saturated carbocycles. The maximum Gasteiger partial charge on any atom is 0.262 e. The highest BCUT2D eigenvalue weighted by atomic mass is 32.2. The largest absolute Gasteiger partial charge is 0.494 e. The Labute approximate surface area is 192 Å². The molecule has 0 fully saturated rings. The standard InChI is InChI=1S/C24H29N3O4S/c1-3-5-15-27-23(29)20-8-6-7-9-21(20)26-24(27)32-17-22(28)25-14-16-31-19-12-10-18(11-13-19)30-4-2/h6-13H,3-5,14-17H2,1-2H3,(H,25,28). The van der Waals surface area contributed by atoms with Crippen molar-refractivity contribution in [1.82, 2.24) is 14.9 Å². The van der Waals surface area contributed by atoms with Gasteiger partial charge in [-0.05, 0) is 49.7 Å². The maximum atomic E-state index is 12.9. The molecule has 0 unspecified atom stereocenters. The number of rotatable bonds is 12. The number of fused-ring (bicyclic) bond motifs is 1. The highest BCUT2D eigenvalue weighted by molar-refractivity contribution is 7.99. The van der Waals surface area contributed by atoms with Gasteiger partial charge in [0, 0.05) is 6.54 Å². The molecular formula is C24H29N3O4S. The molecule has 0 bridgehead atoms. The molecule has 170 valence electrons. The van der Waals surface area contributed by atoms with Gasteiger partial charge in [-0.1, -0.05) is 37.2 Å². The van der Waals surface area contributed by atoms with Crippen LogP contribution in [0.15, 0.2) is 58.5 Å². The number of carbonyl (C=O) groups excluding carboxylic acids is 1. The minimum Gasteiger partial charge on any atom is -0.494 e. The summed E-state index contributed by atoms with van der Waals surface area (Å²) in [7, 11) is 0. The van der Waals surface area contributed by atoms with Gasteiger partial charge in [-0.15, -0.1) is 0 Å². The smallest absolute Gasteiger partial charge is 0.262 e. The third kappa shape index (κ3) is 6.50. The monoisotopic (exact) mass is 455 g/mol. The van der Waals surface area contributed by atoms with Gasteiger partial charge in [0.1, 0.15) is 18.1 Å². The van der Waals surface area contributed by atoms with E-state index in [9.17, 15) is 9.59 Å². The van der Waals surface area contributed by atoms with Crippen molar-refractivity contribution in [3.63, 3.8) is 0 Å². The Morgan fingerprint density at radius 1 is 1.06 bits per heavy atom. The predicted octanol–water partition coefficient (Wildman–Crippen LogP) is 3.88. The average Bonchev–Trinajstić information content (AvgIpc) is 2.81. The number of aromatic nitrogens is 2. The first-order valence-electron chi connectivity index (χ1n) is 10.9. The number of amides is 1. The van der Waals surface area contributed by atoms with E-state index in [0.717, 1.165) is 24.3 Å². The molecule has 7 nitrogen and oxygen atoms in total. The van der Waals surface area contributed by atoms with E-state index >= 15 is 0 Å². The molecule has 1 heterocycles. The van der Waals surface area contributed by atoms with Gasteiger partial charge in [-0.3, -0.25) is 14.2 Å². The van der Waals surface area contributed by atoms with Crippen molar-refractivity contribution >= 4 is 28.6 Å². The van der Waals surface area contributed by atoms with Crippen molar-refractivity contribution in [3.8, 4) is 11.5 Å². The first-order chi connectivity index (χ1) is 15.6. The Balaban J connectivity index is 1.52. The van der Waals surface area contributed by atoms with Crippen LogP contribution in [-0.2, 0) is 11.3 Å². The summed E-state index contributed by atoms with van der Waals surface area (Å²) in [4.78, 5) is 29.8. The van der Waals surface area contributed by atoms with Gasteiger partial charge >= 0.3 is 0 Å². The molecule has 0 aliphatic carbocycles. The van der Waals surface area contributed by atoms with Gasteiger partial charge in [-0.25, -0.2) is 4.98 Å². The summed E-state index contributed by atoms with van der Waals surface area (Å²) in [5, 5.41) is 4.02. The molecule has 32 heavy (non-hydrogen) atoms. The topological polar surface area (TPSA) is 82.5 Å². The second-order valence-electron chi connectivity index (χ2n) is 7.11. The molecule has 1 amide bonds. The SMILES string of the molecule is CCCCn1c(SCC(=O)NCCOc2ccc(OCC)cc2)nc2ccccc2c1=O. The normalized spacial score (nSPS) is 10.8. The van der Waals surface area contributed by atoms with Crippen LogP contribution >= 0.6 is 11.8 Å². The van der Waals surface area contributed by atoms with Crippen molar-refractivity contribution in [1.29, 1.82) is 0 Å². The highest BCUT2D eigenvalue weighted by Crippen LogP contribution is 2.19. The Hall–Kier alpha value is -3.00. The van der Waals surface area contributed by atoms with E-state index < -0.39 is 0 Å². The molecule has 0 saturated heterocycles. The summed E-state index contributed by atoms with van der Waals surface area (Å²) >= 11 is 1.28. The van der Waals surface area contributed by atoms with Crippen molar-refractivity contribution in [3.05, 3.63) is 58.9 Å². The Morgan fingerprint density at radius 3 is 2.50 bits per heavy atom. The van der Waals surface area contributed by atoms with Crippen LogP contribution in [-0.4, -0.2) is 41.0 Å². The minimum atomic E-state index is -0.130. The number of para-hydroxylation sites is 1. The number of nitrogens with one attached hydrogen (secondary N) is 1. The van der Waals surface area contributed by atoms with E-state index in [0.29, 0.717) is 42.4 Å². The quantitative estimate of drug-likeness (QED) is 0.254. The number of benzene rings is 2. The molecule has 0 atom stereocenters. The number of thioether (sulfide) groups is 1. The fraction of sp³-hybridized carbons (Fsp3) is 0.375. The third-order valence-electron chi connectivity index (χ3n) is 4.72. The van der Waals surface area contributed by atoms with Crippen LogP contribution in [0.1, 0.15) is 26.7 Å². The zero-order chi connectivity index (χ0) is 22.8. The van der Waals surface area contributed by atoms with Crippen LogP contribution in [0.5, 0.6) is 11.5 Å². The van der Waals surface area contributed by atoms with Crippen LogP contribution < -0.4 is 20.3 Å². The molecule has 1 N–H and O–H groups in total. The van der Waals surface area contributed by atoms with Gasteiger partial charge in [0.05, 0.1) is 29.8 Å². The summed E-state index contributed by atoms with van der Waals surface area (Å²) in [5.41, 5.74) is 0.590. The second-order valence-corrected chi connectivity index (χ2v) is 8.06. The third-order valence-corrected chi connectivity index (χ3v) is 5.70. The predicted molar refractivity (Wildman–Crippen MR) is 128 cm³/mol. The number of unbranched alkanes of at least 4 members (excludes halogenated alkanes) is 1. The Morgan fingerprint density at radius 2 is 1.78 bits per heavy atom.